The Balaban J connectivity index is 2.67. The fraction of sp³-hybridized carbons (Fsp3) is 0.727. The Labute approximate surface area is 70.7 Å². The minimum absolute atomic E-state index is 0.327. The van der Waals surface area contributed by atoms with Gasteiger partial charge in [0.05, 0.1) is 0 Å². The predicted octanol–water partition coefficient (Wildman–Crippen LogP) is 3.45. The van der Waals surface area contributed by atoms with E-state index in [2.05, 4.69) is 46.3 Å². The van der Waals surface area contributed by atoms with E-state index in [0.717, 1.165) is 11.8 Å². The van der Waals surface area contributed by atoms with Crippen molar-refractivity contribution >= 4 is 0 Å². The minimum atomic E-state index is 0.327. The van der Waals surface area contributed by atoms with Crippen molar-refractivity contribution in [3.63, 3.8) is 0 Å². The molecule has 1 radical (unpaired) electrons. The lowest BCUT2D eigenvalue weighted by Crippen LogP contribution is -2.24. The van der Waals surface area contributed by atoms with Crippen molar-refractivity contribution in [3.05, 3.63) is 18.6 Å². The summed E-state index contributed by atoms with van der Waals surface area (Å²) in [6.07, 6.45) is 8.44. The third-order valence-electron chi connectivity index (χ3n) is 2.62. The van der Waals surface area contributed by atoms with Gasteiger partial charge in [0.1, 0.15) is 0 Å². The summed E-state index contributed by atoms with van der Waals surface area (Å²) in [5, 5.41) is 0. The van der Waals surface area contributed by atoms with Crippen molar-refractivity contribution in [3.8, 4) is 0 Å². The van der Waals surface area contributed by atoms with Crippen LogP contribution in [0, 0.1) is 23.7 Å². The lowest BCUT2D eigenvalue weighted by molar-refractivity contribution is 0.357. The molecule has 0 bridgehead atoms. The van der Waals surface area contributed by atoms with Gasteiger partial charge in [-0.25, -0.2) is 0 Å². The molecule has 2 unspecified atom stereocenters. The molecule has 0 spiro atoms. The summed E-state index contributed by atoms with van der Waals surface area (Å²) in [5.41, 5.74) is 0.327. The van der Waals surface area contributed by atoms with E-state index in [1.165, 1.54) is 6.42 Å². The Hall–Kier alpha value is -0.260. The molecule has 1 aliphatic carbocycles. The van der Waals surface area contributed by atoms with E-state index >= 15 is 0 Å². The van der Waals surface area contributed by atoms with Crippen molar-refractivity contribution in [2.75, 3.05) is 0 Å². The van der Waals surface area contributed by atoms with E-state index in [0.29, 0.717) is 5.41 Å². The average Bonchev–Trinajstić information content (AvgIpc) is 1.94. The first-order valence-corrected chi connectivity index (χ1v) is 4.60. The highest BCUT2D eigenvalue weighted by atomic mass is 14.3. The van der Waals surface area contributed by atoms with Gasteiger partial charge in [0.15, 0.2) is 0 Å². The van der Waals surface area contributed by atoms with Crippen molar-refractivity contribution < 1.29 is 0 Å². The SMILES string of the molecule is CCC1[CH]C(C)(C)C=CC1C. The van der Waals surface area contributed by atoms with Gasteiger partial charge < -0.3 is 0 Å². The summed E-state index contributed by atoms with van der Waals surface area (Å²) in [6, 6.07) is 0. The average molecular weight is 151 g/mol. The molecule has 0 N–H and O–H groups in total. The van der Waals surface area contributed by atoms with Crippen LogP contribution >= 0.6 is 0 Å². The third kappa shape index (κ3) is 2.08. The topological polar surface area (TPSA) is 0 Å². The first kappa shape index (κ1) is 8.83. The third-order valence-corrected chi connectivity index (χ3v) is 2.62. The molecule has 63 valence electrons. The van der Waals surface area contributed by atoms with Gasteiger partial charge in [-0.1, -0.05) is 46.3 Å². The van der Waals surface area contributed by atoms with Crippen LogP contribution in [0.5, 0.6) is 0 Å². The maximum Gasteiger partial charge on any atom is -0.0141 e. The maximum absolute atomic E-state index is 2.48. The monoisotopic (exact) mass is 151 g/mol. The Morgan fingerprint density at radius 1 is 1.36 bits per heavy atom. The van der Waals surface area contributed by atoms with Gasteiger partial charge in [-0.15, -0.1) is 0 Å². The van der Waals surface area contributed by atoms with Crippen LogP contribution in [-0.4, -0.2) is 0 Å². The summed E-state index contributed by atoms with van der Waals surface area (Å²) >= 11 is 0. The van der Waals surface area contributed by atoms with E-state index in [-0.39, 0.29) is 0 Å². The van der Waals surface area contributed by atoms with E-state index in [4.69, 9.17) is 0 Å². The van der Waals surface area contributed by atoms with Crippen LogP contribution in [-0.2, 0) is 0 Å². The van der Waals surface area contributed by atoms with Crippen LogP contribution in [0.4, 0.5) is 0 Å². The summed E-state index contributed by atoms with van der Waals surface area (Å²) in [5.74, 6) is 1.53. The molecule has 0 aromatic heterocycles. The summed E-state index contributed by atoms with van der Waals surface area (Å²) < 4.78 is 0. The molecule has 0 saturated carbocycles. The van der Waals surface area contributed by atoms with Gasteiger partial charge >= 0.3 is 0 Å². The van der Waals surface area contributed by atoms with Crippen molar-refractivity contribution in [1.82, 2.24) is 0 Å². The predicted molar refractivity (Wildman–Crippen MR) is 50.2 cm³/mol. The molecule has 0 aliphatic heterocycles. The lowest BCUT2D eigenvalue weighted by atomic mass is 9.72. The van der Waals surface area contributed by atoms with Crippen LogP contribution in [0.1, 0.15) is 34.1 Å². The second kappa shape index (κ2) is 3.00. The van der Waals surface area contributed by atoms with Gasteiger partial charge in [0, 0.05) is 0 Å². The van der Waals surface area contributed by atoms with E-state index < -0.39 is 0 Å². The molecule has 0 heteroatoms. The van der Waals surface area contributed by atoms with Crippen molar-refractivity contribution in [2.45, 2.75) is 34.1 Å². The van der Waals surface area contributed by atoms with Crippen molar-refractivity contribution in [1.29, 1.82) is 0 Å². The molecule has 0 aromatic carbocycles. The zero-order valence-electron chi connectivity index (χ0n) is 8.09. The molecule has 1 rings (SSSR count). The second-order valence-corrected chi connectivity index (χ2v) is 4.28. The normalized spacial score (nSPS) is 35.6. The summed E-state index contributed by atoms with van der Waals surface area (Å²) in [6.45, 7) is 9.12. The number of hydrogen-bond donors (Lipinski definition) is 0. The Kier molecular flexibility index (Phi) is 2.41. The van der Waals surface area contributed by atoms with Gasteiger partial charge in [0.25, 0.3) is 0 Å². The molecule has 2 atom stereocenters. The first-order chi connectivity index (χ1) is 5.05. The standard InChI is InChI=1S/C11H19/c1-5-10-8-11(3,4)7-6-9(10)2/h6-10H,5H2,1-4H3. The van der Waals surface area contributed by atoms with Crippen LogP contribution in [0.25, 0.3) is 0 Å². The molecule has 0 aromatic rings. The summed E-state index contributed by atoms with van der Waals surface area (Å²) in [4.78, 5) is 0. The second-order valence-electron chi connectivity index (χ2n) is 4.28. The minimum Gasteiger partial charge on any atom is -0.0849 e. The molecular formula is C11H19. The zero-order valence-corrected chi connectivity index (χ0v) is 8.09. The molecule has 0 fully saturated rings. The van der Waals surface area contributed by atoms with Crippen LogP contribution < -0.4 is 0 Å². The smallest absolute Gasteiger partial charge is 0.0141 e. The Morgan fingerprint density at radius 2 is 2.00 bits per heavy atom. The number of allylic oxidation sites excluding steroid dienone is 2. The van der Waals surface area contributed by atoms with E-state index in [1.54, 1.807) is 0 Å². The quantitative estimate of drug-likeness (QED) is 0.503. The van der Waals surface area contributed by atoms with E-state index in [9.17, 15) is 0 Å². The van der Waals surface area contributed by atoms with Gasteiger partial charge in [-0.05, 0) is 23.7 Å². The van der Waals surface area contributed by atoms with Crippen LogP contribution in [0.2, 0.25) is 0 Å². The highest BCUT2D eigenvalue weighted by molar-refractivity contribution is 5.12. The van der Waals surface area contributed by atoms with Crippen LogP contribution in [0.3, 0.4) is 0 Å². The van der Waals surface area contributed by atoms with Crippen LogP contribution in [0.15, 0.2) is 12.2 Å². The Morgan fingerprint density at radius 3 is 2.45 bits per heavy atom. The molecule has 0 amide bonds. The van der Waals surface area contributed by atoms with Gasteiger partial charge in [-0.2, -0.15) is 0 Å². The maximum atomic E-state index is 2.48. The zero-order chi connectivity index (χ0) is 8.48. The number of hydrogen-bond acceptors (Lipinski definition) is 0. The molecule has 11 heavy (non-hydrogen) atoms. The Bertz CT molecular complexity index is 153. The van der Waals surface area contributed by atoms with Gasteiger partial charge in [0.2, 0.25) is 0 Å². The highest BCUT2D eigenvalue weighted by Crippen LogP contribution is 2.36. The summed E-state index contributed by atoms with van der Waals surface area (Å²) in [7, 11) is 0. The van der Waals surface area contributed by atoms with Gasteiger partial charge in [-0.3, -0.25) is 0 Å². The first-order valence-electron chi connectivity index (χ1n) is 4.60. The molecular weight excluding hydrogens is 132 g/mol. The fourth-order valence-electron chi connectivity index (χ4n) is 1.79. The van der Waals surface area contributed by atoms with E-state index in [1.807, 2.05) is 0 Å². The largest absolute Gasteiger partial charge is 0.0849 e. The fourth-order valence-corrected chi connectivity index (χ4v) is 1.79. The molecule has 1 aliphatic rings. The number of rotatable bonds is 1. The molecule has 0 nitrogen and oxygen atoms in total. The lowest BCUT2D eigenvalue weighted by Gasteiger charge is -2.33. The molecule has 0 heterocycles. The highest BCUT2D eigenvalue weighted by Gasteiger charge is 2.27. The molecule has 0 saturated heterocycles. The van der Waals surface area contributed by atoms with Crippen molar-refractivity contribution in [2.24, 2.45) is 17.3 Å².